The lowest BCUT2D eigenvalue weighted by Gasteiger charge is -2.33. The minimum atomic E-state index is -3.66. The number of ketones is 1. The van der Waals surface area contributed by atoms with Crippen molar-refractivity contribution in [1.82, 2.24) is 9.62 Å². The number of benzene rings is 2. The van der Waals surface area contributed by atoms with Gasteiger partial charge < -0.3 is 0 Å². The van der Waals surface area contributed by atoms with E-state index in [9.17, 15) is 17.6 Å². The number of Topliss-reactive ketones (excluding diaryl/α,β-unsaturated/α-hetero) is 1. The van der Waals surface area contributed by atoms with Gasteiger partial charge in [-0.25, -0.2) is 17.5 Å². The summed E-state index contributed by atoms with van der Waals surface area (Å²) in [5, 5.41) is 0. The highest BCUT2D eigenvalue weighted by Crippen LogP contribution is 2.25. The van der Waals surface area contributed by atoms with Crippen LogP contribution < -0.4 is 4.72 Å². The topological polar surface area (TPSA) is 66.5 Å². The average molecular weight is 433 g/mol. The SMILES string of the molecule is CC(=O)c1c(C)cc(C)c(CN2CCC(NS(=O)(=O)c3ccc(F)cc3)CC2)c1C. The Morgan fingerprint density at radius 1 is 1.10 bits per heavy atom. The molecule has 1 heterocycles. The predicted molar refractivity (Wildman–Crippen MR) is 116 cm³/mol. The zero-order valence-electron chi connectivity index (χ0n) is 18.0. The fourth-order valence-corrected chi connectivity index (χ4v) is 5.65. The van der Waals surface area contributed by atoms with E-state index in [4.69, 9.17) is 0 Å². The van der Waals surface area contributed by atoms with E-state index >= 15 is 0 Å². The normalized spacial score (nSPS) is 16.0. The molecule has 2 aromatic rings. The number of halogens is 1. The van der Waals surface area contributed by atoms with Crippen LogP contribution in [0.3, 0.4) is 0 Å². The van der Waals surface area contributed by atoms with E-state index in [0.717, 1.165) is 48.5 Å². The highest BCUT2D eigenvalue weighted by Gasteiger charge is 2.25. The molecule has 3 rings (SSSR count). The van der Waals surface area contributed by atoms with E-state index in [-0.39, 0.29) is 16.7 Å². The van der Waals surface area contributed by atoms with Crippen LogP contribution in [0.4, 0.5) is 4.39 Å². The maximum absolute atomic E-state index is 13.1. The van der Waals surface area contributed by atoms with Gasteiger partial charge in [-0.15, -0.1) is 0 Å². The van der Waals surface area contributed by atoms with Gasteiger partial charge in [-0.3, -0.25) is 9.69 Å². The van der Waals surface area contributed by atoms with Crippen LogP contribution in [0.2, 0.25) is 0 Å². The van der Waals surface area contributed by atoms with Gasteiger partial charge in [-0.2, -0.15) is 0 Å². The van der Waals surface area contributed by atoms with Crippen LogP contribution in [-0.4, -0.2) is 38.2 Å². The Morgan fingerprint density at radius 3 is 2.27 bits per heavy atom. The second-order valence-corrected chi connectivity index (χ2v) is 9.88. The molecule has 1 aliphatic heterocycles. The molecule has 2 aromatic carbocycles. The highest BCUT2D eigenvalue weighted by molar-refractivity contribution is 7.89. The van der Waals surface area contributed by atoms with Crippen molar-refractivity contribution < 1.29 is 17.6 Å². The summed E-state index contributed by atoms with van der Waals surface area (Å²) in [6.45, 7) is 9.93. The molecule has 0 radical (unpaired) electrons. The van der Waals surface area contributed by atoms with Gasteiger partial charge in [0.2, 0.25) is 10.0 Å². The Hall–Kier alpha value is -2.09. The standard InChI is InChI=1S/C23H29FN2O3S/c1-15-13-16(2)23(18(4)27)17(3)22(15)14-26-11-9-20(10-12-26)25-30(28,29)21-7-5-19(24)6-8-21/h5-8,13,20,25H,9-12,14H2,1-4H3. The van der Waals surface area contributed by atoms with E-state index in [1.807, 2.05) is 13.8 Å². The smallest absolute Gasteiger partial charge is 0.240 e. The lowest BCUT2D eigenvalue weighted by atomic mass is 9.91. The summed E-state index contributed by atoms with van der Waals surface area (Å²) < 4.78 is 40.9. The number of nitrogens with zero attached hydrogens (tertiary/aromatic N) is 1. The molecule has 0 spiro atoms. The third-order valence-electron chi connectivity index (χ3n) is 5.90. The van der Waals surface area contributed by atoms with E-state index < -0.39 is 15.8 Å². The average Bonchev–Trinajstić information content (AvgIpc) is 2.66. The Labute approximate surface area is 178 Å². The monoisotopic (exact) mass is 432 g/mol. The first-order chi connectivity index (χ1) is 14.1. The number of rotatable bonds is 6. The first-order valence-corrected chi connectivity index (χ1v) is 11.7. The molecule has 30 heavy (non-hydrogen) atoms. The number of carbonyl (C=O) groups excluding carboxylic acids is 1. The quantitative estimate of drug-likeness (QED) is 0.703. The maximum atomic E-state index is 13.1. The van der Waals surface area contributed by atoms with Gasteiger partial charge in [0.05, 0.1) is 4.90 Å². The van der Waals surface area contributed by atoms with Crippen LogP contribution in [0.15, 0.2) is 35.2 Å². The summed E-state index contributed by atoms with van der Waals surface area (Å²) in [5.74, 6) is -0.378. The molecule has 7 heteroatoms. The fraction of sp³-hybridized carbons (Fsp3) is 0.435. The second-order valence-electron chi connectivity index (χ2n) is 8.17. The molecule has 1 fully saturated rings. The van der Waals surface area contributed by atoms with Gasteiger partial charge in [0.25, 0.3) is 0 Å². The highest BCUT2D eigenvalue weighted by atomic mass is 32.2. The number of likely N-dealkylation sites (tertiary alicyclic amines) is 1. The molecule has 0 bridgehead atoms. The van der Waals surface area contributed by atoms with Crippen molar-refractivity contribution in [2.24, 2.45) is 0 Å². The van der Waals surface area contributed by atoms with Crippen molar-refractivity contribution in [3.8, 4) is 0 Å². The zero-order valence-corrected chi connectivity index (χ0v) is 18.8. The molecule has 1 saturated heterocycles. The summed E-state index contributed by atoms with van der Waals surface area (Å²) in [7, 11) is -3.66. The summed E-state index contributed by atoms with van der Waals surface area (Å²) in [6.07, 6.45) is 1.40. The summed E-state index contributed by atoms with van der Waals surface area (Å²) in [6, 6.07) is 6.79. The van der Waals surface area contributed by atoms with Gasteiger partial charge in [0, 0.05) is 31.2 Å². The summed E-state index contributed by atoms with van der Waals surface area (Å²) in [5.41, 5.74) is 5.21. The van der Waals surface area contributed by atoms with Gasteiger partial charge in [-0.1, -0.05) is 6.07 Å². The molecular formula is C23H29FN2O3S. The van der Waals surface area contributed by atoms with Crippen LogP contribution >= 0.6 is 0 Å². The molecule has 5 nitrogen and oxygen atoms in total. The van der Waals surface area contributed by atoms with Gasteiger partial charge in [0.1, 0.15) is 5.82 Å². The minimum Gasteiger partial charge on any atom is -0.299 e. The van der Waals surface area contributed by atoms with Crippen molar-refractivity contribution in [2.45, 2.75) is 58.0 Å². The van der Waals surface area contributed by atoms with Gasteiger partial charge in [-0.05, 0) is 87.1 Å². The van der Waals surface area contributed by atoms with E-state index in [1.54, 1.807) is 6.92 Å². The Kier molecular flexibility index (Phi) is 6.75. The van der Waals surface area contributed by atoms with Crippen molar-refractivity contribution in [2.75, 3.05) is 13.1 Å². The molecule has 0 saturated carbocycles. The number of carbonyl (C=O) groups is 1. The molecule has 0 aromatic heterocycles. The third kappa shape index (κ3) is 4.96. The van der Waals surface area contributed by atoms with E-state index in [1.165, 1.54) is 23.3 Å². The Bertz CT molecular complexity index is 1040. The zero-order chi connectivity index (χ0) is 22.1. The lowest BCUT2D eigenvalue weighted by molar-refractivity contribution is 0.101. The number of sulfonamides is 1. The first-order valence-electron chi connectivity index (χ1n) is 10.2. The predicted octanol–water partition coefficient (Wildman–Crippen LogP) is 3.90. The number of piperidine rings is 1. The number of aryl methyl sites for hydroxylation is 2. The van der Waals surface area contributed by atoms with Crippen LogP contribution in [0.1, 0.15) is 52.4 Å². The van der Waals surface area contributed by atoms with Crippen molar-refractivity contribution in [3.63, 3.8) is 0 Å². The second kappa shape index (κ2) is 8.96. The lowest BCUT2D eigenvalue weighted by Crippen LogP contribution is -2.44. The molecule has 162 valence electrons. The molecule has 1 aliphatic rings. The van der Waals surface area contributed by atoms with Crippen molar-refractivity contribution >= 4 is 15.8 Å². The van der Waals surface area contributed by atoms with Crippen LogP contribution in [0.25, 0.3) is 0 Å². The third-order valence-corrected chi connectivity index (χ3v) is 7.43. The molecule has 0 unspecified atom stereocenters. The first kappa shape index (κ1) is 22.6. The largest absolute Gasteiger partial charge is 0.299 e. The molecular weight excluding hydrogens is 403 g/mol. The van der Waals surface area contributed by atoms with Crippen LogP contribution in [0, 0.1) is 26.6 Å². The maximum Gasteiger partial charge on any atom is 0.240 e. The van der Waals surface area contributed by atoms with Crippen LogP contribution in [-0.2, 0) is 16.6 Å². The van der Waals surface area contributed by atoms with Gasteiger partial charge in [0.15, 0.2) is 5.78 Å². The Morgan fingerprint density at radius 2 is 1.70 bits per heavy atom. The minimum absolute atomic E-state index is 0.0778. The molecule has 1 N–H and O–H groups in total. The molecule has 0 atom stereocenters. The molecule has 0 amide bonds. The van der Waals surface area contributed by atoms with E-state index in [2.05, 4.69) is 22.6 Å². The number of hydrogen-bond donors (Lipinski definition) is 1. The van der Waals surface area contributed by atoms with Gasteiger partial charge >= 0.3 is 0 Å². The van der Waals surface area contributed by atoms with Crippen molar-refractivity contribution in [1.29, 1.82) is 0 Å². The summed E-state index contributed by atoms with van der Waals surface area (Å²) >= 11 is 0. The van der Waals surface area contributed by atoms with Crippen LogP contribution in [0.5, 0.6) is 0 Å². The van der Waals surface area contributed by atoms with Crippen molar-refractivity contribution in [3.05, 3.63) is 64.0 Å². The fourth-order valence-electron chi connectivity index (χ4n) is 4.35. The Balaban J connectivity index is 1.65. The van der Waals surface area contributed by atoms with E-state index in [0.29, 0.717) is 12.8 Å². The molecule has 0 aliphatic carbocycles. The number of nitrogens with one attached hydrogen (secondary N) is 1. The number of hydrogen-bond acceptors (Lipinski definition) is 4. The summed E-state index contributed by atoms with van der Waals surface area (Å²) in [4.78, 5) is 14.4.